The number of likely N-dealkylation sites (tertiary alicyclic amines) is 1. The molecule has 7 heteroatoms. The maximum absolute atomic E-state index is 12.1. The zero-order valence-electron chi connectivity index (χ0n) is 13.6. The molecule has 1 aromatic carbocycles. The number of carbonyl (C=O) groups is 1. The molecule has 132 valence electrons. The molecule has 0 saturated carbocycles. The second-order valence-corrected chi connectivity index (χ2v) is 6.87. The third-order valence-electron chi connectivity index (χ3n) is 4.11. The number of nitrogens with one attached hydrogen (secondary N) is 1. The maximum atomic E-state index is 12.1. The number of carbonyl (C=O) groups excluding carboxylic acids is 1. The zero-order valence-corrected chi connectivity index (χ0v) is 15.1. The minimum Gasteiger partial charge on any atom is -0.377 e. The summed E-state index contributed by atoms with van der Waals surface area (Å²) in [5.74, 6) is 0.473. The molecule has 1 fully saturated rings. The normalized spacial score (nSPS) is 14.2. The fourth-order valence-electron chi connectivity index (χ4n) is 2.60. The Morgan fingerprint density at radius 3 is 2.72 bits per heavy atom. The predicted octanol–water partition coefficient (Wildman–Crippen LogP) is 4.46. The molecular formula is C18H19Cl2N3O2. The van der Waals surface area contributed by atoms with E-state index < -0.39 is 0 Å². The van der Waals surface area contributed by atoms with Crippen LogP contribution in [0.2, 0.25) is 10.0 Å². The van der Waals surface area contributed by atoms with Crippen molar-refractivity contribution in [3.63, 3.8) is 0 Å². The highest BCUT2D eigenvalue weighted by Crippen LogP contribution is 2.23. The number of nitrogens with zero attached hydrogens (tertiary/aromatic N) is 2. The number of benzene rings is 1. The SMILES string of the molecule is O=C(Nc1cnccc1Cl)N1CC(CCOCc2ccc(Cl)cc2)C1. The highest BCUT2D eigenvalue weighted by molar-refractivity contribution is 6.33. The van der Waals surface area contributed by atoms with E-state index in [1.54, 1.807) is 23.4 Å². The van der Waals surface area contributed by atoms with E-state index in [1.807, 2.05) is 24.3 Å². The van der Waals surface area contributed by atoms with E-state index in [0.29, 0.717) is 29.8 Å². The van der Waals surface area contributed by atoms with Crippen LogP contribution >= 0.6 is 23.2 Å². The summed E-state index contributed by atoms with van der Waals surface area (Å²) in [5, 5.41) is 3.99. The highest BCUT2D eigenvalue weighted by Gasteiger charge is 2.30. The summed E-state index contributed by atoms with van der Waals surface area (Å²) in [4.78, 5) is 17.8. The van der Waals surface area contributed by atoms with Gasteiger partial charge in [-0.2, -0.15) is 0 Å². The van der Waals surface area contributed by atoms with Gasteiger partial charge in [0.25, 0.3) is 0 Å². The number of anilines is 1. The van der Waals surface area contributed by atoms with Gasteiger partial charge in [-0.25, -0.2) is 4.79 Å². The molecule has 25 heavy (non-hydrogen) atoms. The maximum Gasteiger partial charge on any atom is 0.321 e. The molecule has 5 nitrogen and oxygen atoms in total. The van der Waals surface area contributed by atoms with Crippen LogP contribution in [0.25, 0.3) is 0 Å². The minimum absolute atomic E-state index is 0.145. The van der Waals surface area contributed by atoms with Gasteiger partial charge in [-0.3, -0.25) is 4.98 Å². The first-order valence-corrected chi connectivity index (χ1v) is 8.85. The molecule has 1 aliphatic heterocycles. The molecule has 1 saturated heterocycles. The molecule has 0 radical (unpaired) electrons. The van der Waals surface area contributed by atoms with Gasteiger partial charge in [0.1, 0.15) is 0 Å². The molecule has 1 aromatic heterocycles. The molecule has 2 aromatic rings. The van der Waals surface area contributed by atoms with Crippen molar-refractivity contribution in [2.24, 2.45) is 5.92 Å². The number of amides is 2. The van der Waals surface area contributed by atoms with Gasteiger partial charge in [0.2, 0.25) is 0 Å². The van der Waals surface area contributed by atoms with E-state index in [9.17, 15) is 4.79 Å². The van der Waals surface area contributed by atoms with E-state index >= 15 is 0 Å². The summed E-state index contributed by atoms with van der Waals surface area (Å²) < 4.78 is 5.69. The molecule has 1 aliphatic rings. The van der Waals surface area contributed by atoms with E-state index in [0.717, 1.165) is 30.1 Å². The number of urea groups is 1. The molecule has 0 bridgehead atoms. The number of ether oxygens (including phenoxy) is 1. The van der Waals surface area contributed by atoms with Gasteiger partial charge in [0, 0.05) is 30.9 Å². The summed E-state index contributed by atoms with van der Waals surface area (Å²) in [6.07, 6.45) is 4.06. The Hall–Kier alpha value is -1.82. The van der Waals surface area contributed by atoms with Crippen molar-refractivity contribution in [3.8, 4) is 0 Å². The molecule has 0 atom stereocenters. The second kappa shape index (κ2) is 8.52. The molecule has 3 rings (SSSR count). The minimum atomic E-state index is -0.145. The lowest BCUT2D eigenvalue weighted by Crippen LogP contribution is -2.51. The molecule has 0 aliphatic carbocycles. The van der Waals surface area contributed by atoms with E-state index in [4.69, 9.17) is 27.9 Å². The first-order valence-electron chi connectivity index (χ1n) is 8.09. The van der Waals surface area contributed by atoms with Gasteiger partial charge in [0.05, 0.1) is 23.5 Å². The molecule has 2 heterocycles. The Morgan fingerprint density at radius 1 is 1.24 bits per heavy atom. The van der Waals surface area contributed by atoms with Crippen LogP contribution in [0.4, 0.5) is 10.5 Å². The summed E-state index contributed by atoms with van der Waals surface area (Å²) in [6.45, 7) is 2.72. The largest absolute Gasteiger partial charge is 0.377 e. The molecule has 1 N–H and O–H groups in total. The van der Waals surface area contributed by atoms with Crippen LogP contribution in [0.1, 0.15) is 12.0 Å². The van der Waals surface area contributed by atoms with Crippen molar-refractivity contribution >= 4 is 34.9 Å². The highest BCUT2D eigenvalue weighted by atomic mass is 35.5. The van der Waals surface area contributed by atoms with Gasteiger partial charge < -0.3 is 15.0 Å². The first kappa shape index (κ1) is 18.0. The summed E-state index contributed by atoms with van der Waals surface area (Å²) >= 11 is 11.9. The van der Waals surface area contributed by atoms with Gasteiger partial charge in [-0.15, -0.1) is 0 Å². The van der Waals surface area contributed by atoms with E-state index in [-0.39, 0.29) is 6.03 Å². The topological polar surface area (TPSA) is 54.5 Å². The van der Waals surface area contributed by atoms with E-state index in [1.165, 1.54) is 0 Å². The predicted molar refractivity (Wildman–Crippen MR) is 99.1 cm³/mol. The van der Waals surface area contributed by atoms with Crippen LogP contribution in [0, 0.1) is 5.92 Å². The fraction of sp³-hybridized carbons (Fsp3) is 0.333. The van der Waals surface area contributed by atoms with Gasteiger partial charge in [0.15, 0.2) is 0 Å². The fourth-order valence-corrected chi connectivity index (χ4v) is 2.88. The summed E-state index contributed by atoms with van der Waals surface area (Å²) in [5.41, 5.74) is 1.64. The Morgan fingerprint density at radius 2 is 2.00 bits per heavy atom. The van der Waals surface area contributed by atoms with Gasteiger partial charge >= 0.3 is 6.03 Å². The number of halogens is 2. The number of rotatable bonds is 6. The smallest absolute Gasteiger partial charge is 0.321 e. The second-order valence-electron chi connectivity index (χ2n) is 6.02. The quantitative estimate of drug-likeness (QED) is 0.753. The van der Waals surface area contributed by atoms with Gasteiger partial charge in [-0.1, -0.05) is 35.3 Å². The van der Waals surface area contributed by atoms with Crippen LogP contribution in [0.5, 0.6) is 0 Å². The Kier molecular flexibility index (Phi) is 6.13. The number of hydrogen-bond acceptors (Lipinski definition) is 3. The van der Waals surface area contributed by atoms with Crippen molar-refractivity contribution in [1.29, 1.82) is 0 Å². The summed E-state index contributed by atoms with van der Waals surface area (Å²) in [7, 11) is 0. The monoisotopic (exact) mass is 379 g/mol. The lowest BCUT2D eigenvalue weighted by atomic mass is 9.97. The van der Waals surface area contributed by atoms with Crippen molar-refractivity contribution < 1.29 is 9.53 Å². The number of aromatic nitrogens is 1. The molecular weight excluding hydrogens is 361 g/mol. The van der Waals surface area contributed by atoms with Crippen LogP contribution < -0.4 is 5.32 Å². The van der Waals surface area contributed by atoms with Crippen molar-refractivity contribution in [2.75, 3.05) is 25.0 Å². The van der Waals surface area contributed by atoms with Crippen molar-refractivity contribution in [3.05, 3.63) is 58.3 Å². The Bertz CT molecular complexity index is 719. The first-order chi connectivity index (χ1) is 12.1. The Balaban J connectivity index is 1.32. The third kappa shape index (κ3) is 5.08. The lowest BCUT2D eigenvalue weighted by Gasteiger charge is -2.39. The van der Waals surface area contributed by atoms with E-state index in [2.05, 4.69) is 10.3 Å². The average molecular weight is 380 g/mol. The van der Waals surface area contributed by atoms with Crippen molar-refractivity contribution in [2.45, 2.75) is 13.0 Å². The van der Waals surface area contributed by atoms with Gasteiger partial charge in [-0.05, 0) is 36.1 Å². The van der Waals surface area contributed by atoms with Crippen LogP contribution in [0.15, 0.2) is 42.7 Å². The standard InChI is InChI=1S/C18H19Cl2N3O2/c19-15-3-1-13(2-4-15)12-25-8-6-14-10-23(11-14)18(24)22-17-9-21-7-5-16(17)20/h1-5,7,9,14H,6,8,10-12H2,(H,22,24). The molecule has 0 unspecified atom stereocenters. The van der Waals surface area contributed by atoms with Crippen LogP contribution in [0.3, 0.4) is 0 Å². The zero-order chi connectivity index (χ0) is 17.6. The Labute approximate surface area is 156 Å². The summed E-state index contributed by atoms with van der Waals surface area (Å²) in [6, 6.07) is 9.14. The lowest BCUT2D eigenvalue weighted by molar-refractivity contribution is 0.0691. The van der Waals surface area contributed by atoms with Crippen molar-refractivity contribution in [1.82, 2.24) is 9.88 Å². The van der Waals surface area contributed by atoms with Crippen LogP contribution in [-0.4, -0.2) is 35.6 Å². The molecule has 2 amide bonds. The number of pyridine rings is 1. The number of hydrogen-bond donors (Lipinski definition) is 1. The molecule has 0 spiro atoms. The average Bonchev–Trinajstić information content (AvgIpc) is 2.56. The van der Waals surface area contributed by atoms with Crippen LogP contribution in [-0.2, 0) is 11.3 Å². The third-order valence-corrected chi connectivity index (χ3v) is 4.69.